The molecular formula is C9H22N2. The second-order valence-corrected chi connectivity index (χ2v) is 3.19. The van der Waals surface area contributed by atoms with Crippen molar-refractivity contribution in [2.75, 3.05) is 6.54 Å². The molecule has 0 aliphatic rings. The summed E-state index contributed by atoms with van der Waals surface area (Å²) >= 11 is 0. The standard InChI is InChI=1S/C9H22N2/c1-2-3-6-9(11)7-4-5-8-10/h9H,2-8,10-11H2,1H3. The van der Waals surface area contributed by atoms with Gasteiger partial charge >= 0.3 is 0 Å². The Hall–Kier alpha value is -0.0800. The van der Waals surface area contributed by atoms with Gasteiger partial charge in [-0.2, -0.15) is 0 Å². The van der Waals surface area contributed by atoms with Crippen molar-refractivity contribution >= 4 is 0 Å². The maximum Gasteiger partial charge on any atom is 0.00388 e. The molecule has 2 heteroatoms. The molecule has 0 bridgehead atoms. The Morgan fingerprint density at radius 3 is 2.27 bits per heavy atom. The molecule has 2 nitrogen and oxygen atoms in total. The highest BCUT2D eigenvalue weighted by atomic mass is 14.6. The Bertz CT molecular complexity index is 74.0. The van der Waals surface area contributed by atoms with E-state index in [-0.39, 0.29) is 0 Å². The first-order valence-corrected chi connectivity index (χ1v) is 4.77. The lowest BCUT2D eigenvalue weighted by atomic mass is 10.0. The van der Waals surface area contributed by atoms with Gasteiger partial charge in [0.1, 0.15) is 0 Å². The van der Waals surface area contributed by atoms with Gasteiger partial charge < -0.3 is 11.5 Å². The predicted molar refractivity (Wildman–Crippen MR) is 50.4 cm³/mol. The summed E-state index contributed by atoms with van der Waals surface area (Å²) in [5.41, 5.74) is 11.2. The van der Waals surface area contributed by atoms with Crippen LogP contribution in [0.2, 0.25) is 0 Å². The minimum atomic E-state index is 0.418. The van der Waals surface area contributed by atoms with Crippen molar-refractivity contribution in [1.29, 1.82) is 0 Å². The van der Waals surface area contributed by atoms with Crippen LogP contribution in [0.1, 0.15) is 45.4 Å². The summed E-state index contributed by atoms with van der Waals surface area (Å²) in [7, 11) is 0. The molecule has 0 aromatic rings. The van der Waals surface area contributed by atoms with Gasteiger partial charge in [0, 0.05) is 6.04 Å². The van der Waals surface area contributed by atoms with Crippen LogP contribution in [0, 0.1) is 0 Å². The molecule has 0 spiro atoms. The van der Waals surface area contributed by atoms with Crippen LogP contribution in [-0.4, -0.2) is 12.6 Å². The molecule has 0 aromatic heterocycles. The monoisotopic (exact) mass is 158 g/mol. The fourth-order valence-corrected chi connectivity index (χ4v) is 1.16. The van der Waals surface area contributed by atoms with Gasteiger partial charge in [-0.15, -0.1) is 0 Å². The second-order valence-electron chi connectivity index (χ2n) is 3.19. The maximum absolute atomic E-state index is 5.86. The van der Waals surface area contributed by atoms with Crippen molar-refractivity contribution in [1.82, 2.24) is 0 Å². The van der Waals surface area contributed by atoms with E-state index in [0.717, 1.165) is 19.4 Å². The number of nitrogens with two attached hydrogens (primary N) is 2. The topological polar surface area (TPSA) is 52.0 Å². The molecule has 0 radical (unpaired) electrons. The summed E-state index contributed by atoms with van der Waals surface area (Å²) < 4.78 is 0. The van der Waals surface area contributed by atoms with Crippen LogP contribution in [0.4, 0.5) is 0 Å². The lowest BCUT2D eigenvalue weighted by Crippen LogP contribution is -2.19. The van der Waals surface area contributed by atoms with Crippen LogP contribution in [0.5, 0.6) is 0 Å². The number of unbranched alkanes of at least 4 members (excludes halogenated alkanes) is 2. The van der Waals surface area contributed by atoms with E-state index < -0.39 is 0 Å². The summed E-state index contributed by atoms with van der Waals surface area (Å²) in [6.07, 6.45) is 7.17. The van der Waals surface area contributed by atoms with Crippen molar-refractivity contribution in [3.8, 4) is 0 Å². The fourth-order valence-electron chi connectivity index (χ4n) is 1.16. The van der Waals surface area contributed by atoms with Crippen molar-refractivity contribution in [3.05, 3.63) is 0 Å². The second kappa shape index (κ2) is 8.02. The molecule has 0 amide bonds. The Balaban J connectivity index is 3.02. The largest absolute Gasteiger partial charge is 0.330 e. The maximum atomic E-state index is 5.86. The molecule has 11 heavy (non-hydrogen) atoms. The molecule has 4 N–H and O–H groups in total. The zero-order chi connectivity index (χ0) is 8.53. The first-order valence-electron chi connectivity index (χ1n) is 4.77. The molecule has 0 saturated heterocycles. The molecule has 0 aliphatic heterocycles. The Morgan fingerprint density at radius 2 is 1.73 bits per heavy atom. The molecule has 0 rings (SSSR count). The molecule has 1 atom stereocenters. The van der Waals surface area contributed by atoms with Gasteiger partial charge in [0.05, 0.1) is 0 Å². The third-order valence-corrected chi connectivity index (χ3v) is 1.96. The van der Waals surface area contributed by atoms with Crippen LogP contribution in [0.15, 0.2) is 0 Å². The normalized spacial score (nSPS) is 13.4. The zero-order valence-electron chi connectivity index (χ0n) is 7.68. The van der Waals surface area contributed by atoms with Crippen molar-refractivity contribution in [2.24, 2.45) is 11.5 Å². The highest BCUT2D eigenvalue weighted by molar-refractivity contribution is 4.60. The summed E-state index contributed by atoms with van der Waals surface area (Å²) in [4.78, 5) is 0. The summed E-state index contributed by atoms with van der Waals surface area (Å²) in [5.74, 6) is 0. The van der Waals surface area contributed by atoms with Crippen molar-refractivity contribution in [3.63, 3.8) is 0 Å². The minimum absolute atomic E-state index is 0.418. The third-order valence-electron chi connectivity index (χ3n) is 1.96. The number of hydrogen-bond acceptors (Lipinski definition) is 2. The van der Waals surface area contributed by atoms with E-state index in [4.69, 9.17) is 11.5 Å². The Morgan fingerprint density at radius 1 is 1.09 bits per heavy atom. The SMILES string of the molecule is CCCCC(N)CCCCN. The molecular weight excluding hydrogens is 136 g/mol. The van der Waals surface area contributed by atoms with Gasteiger partial charge in [-0.05, 0) is 25.8 Å². The fraction of sp³-hybridized carbons (Fsp3) is 1.00. The molecule has 0 aliphatic carbocycles. The van der Waals surface area contributed by atoms with Gasteiger partial charge in [0.15, 0.2) is 0 Å². The predicted octanol–water partition coefficient (Wildman–Crippen LogP) is 1.63. The molecule has 0 aromatic carbocycles. The van der Waals surface area contributed by atoms with Crippen LogP contribution in [0.25, 0.3) is 0 Å². The lowest BCUT2D eigenvalue weighted by molar-refractivity contribution is 0.515. The van der Waals surface area contributed by atoms with E-state index in [1.54, 1.807) is 0 Å². The van der Waals surface area contributed by atoms with E-state index in [1.807, 2.05) is 0 Å². The van der Waals surface area contributed by atoms with Gasteiger partial charge in [-0.1, -0.05) is 26.2 Å². The van der Waals surface area contributed by atoms with E-state index in [1.165, 1.54) is 25.7 Å². The molecule has 1 unspecified atom stereocenters. The van der Waals surface area contributed by atoms with E-state index in [0.29, 0.717) is 6.04 Å². The van der Waals surface area contributed by atoms with Crippen LogP contribution >= 0.6 is 0 Å². The van der Waals surface area contributed by atoms with Gasteiger partial charge in [-0.25, -0.2) is 0 Å². The summed E-state index contributed by atoms with van der Waals surface area (Å²) in [5, 5.41) is 0. The van der Waals surface area contributed by atoms with E-state index in [9.17, 15) is 0 Å². The first kappa shape index (κ1) is 10.9. The molecule has 0 heterocycles. The highest BCUT2D eigenvalue weighted by Gasteiger charge is 1.99. The smallest absolute Gasteiger partial charge is 0.00388 e. The minimum Gasteiger partial charge on any atom is -0.330 e. The molecule has 68 valence electrons. The van der Waals surface area contributed by atoms with E-state index >= 15 is 0 Å². The van der Waals surface area contributed by atoms with Gasteiger partial charge in [0.2, 0.25) is 0 Å². The van der Waals surface area contributed by atoms with Crippen molar-refractivity contribution in [2.45, 2.75) is 51.5 Å². The quantitative estimate of drug-likeness (QED) is 0.553. The Kier molecular flexibility index (Phi) is 7.96. The molecule has 0 fully saturated rings. The number of hydrogen-bond donors (Lipinski definition) is 2. The van der Waals surface area contributed by atoms with Crippen LogP contribution in [-0.2, 0) is 0 Å². The van der Waals surface area contributed by atoms with Crippen LogP contribution < -0.4 is 11.5 Å². The molecule has 0 saturated carbocycles. The summed E-state index contributed by atoms with van der Waals surface area (Å²) in [6.45, 7) is 3.01. The average molecular weight is 158 g/mol. The highest BCUT2D eigenvalue weighted by Crippen LogP contribution is 2.05. The van der Waals surface area contributed by atoms with Gasteiger partial charge in [-0.3, -0.25) is 0 Å². The van der Waals surface area contributed by atoms with Gasteiger partial charge in [0.25, 0.3) is 0 Å². The lowest BCUT2D eigenvalue weighted by Gasteiger charge is -2.09. The third kappa shape index (κ3) is 7.82. The number of rotatable bonds is 7. The van der Waals surface area contributed by atoms with Crippen molar-refractivity contribution < 1.29 is 0 Å². The Labute approximate surface area is 70.3 Å². The zero-order valence-corrected chi connectivity index (χ0v) is 7.68. The van der Waals surface area contributed by atoms with Crippen LogP contribution in [0.3, 0.4) is 0 Å². The average Bonchev–Trinajstić information content (AvgIpc) is 2.01. The summed E-state index contributed by atoms with van der Waals surface area (Å²) in [6, 6.07) is 0.418. The first-order chi connectivity index (χ1) is 5.31. The van der Waals surface area contributed by atoms with E-state index in [2.05, 4.69) is 6.92 Å².